The number of carbonyl (C=O) groups is 1. The van der Waals surface area contributed by atoms with Crippen molar-refractivity contribution in [1.82, 2.24) is 9.88 Å². The van der Waals surface area contributed by atoms with E-state index < -0.39 is 6.09 Å². The molecule has 0 atom stereocenters. The van der Waals surface area contributed by atoms with Crippen molar-refractivity contribution in [2.24, 2.45) is 0 Å². The molecule has 5 nitrogen and oxygen atoms in total. The monoisotopic (exact) mass is 224 g/mol. The highest BCUT2D eigenvalue weighted by molar-refractivity contribution is 5.67. The number of aryl methyl sites for hydroxylation is 1. The smallest absolute Gasteiger partial charge is 0.409 e. The molecule has 1 aromatic heterocycles. The summed E-state index contributed by atoms with van der Waals surface area (Å²) in [6, 6.07) is 5.64. The van der Waals surface area contributed by atoms with Gasteiger partial charge in [0.1, 0.15) is 6.61 Å². The number of hydrogen-bond acceptors (Lipinski definition) is 4. The van der Waals surface area contributed by atoms with Crippen molar-refractivity contribution < 1.29 is 14.6 Å². The van der Waals surface area contributed by atoms with Crippen LogP contribution in [0.2, 0.25) is 0 Å². The summed E-state index contributed by atoms with van der Waals surface area (Å²) in [5.74, 6) is 0. The molecule has 1 N–H and O–H groups in total. The highest BCUT2D eigenvalue weighted by atomic mass is 16.6. The molecule has 88 valence electrons. The molecule has 0 radical (unpaired) electrons. The van der Waals surface area contributed by atoms with Crippen LogP contribution in [0.15, 0.2) is 18.2 Å². The highest BCUT2D eigenvalue weighted by Crippen LogP contribution is 2.02. The van der Waals surface area contributed by atoms with Gasteiger partial charge < -0.3 is 14.7 Å². The first-order chi connectivity index (χ1) is 7.63. The second kappa shape index (κ2) is 6.07. The summed E-state index contributed by atoms with van der Waals surface area (Å²) in [4.78, 5) is 17.0. The summed E-state index contributed by atoms with van der Waals surface area (Å²) in [7, 11) is 1.63. The predicted octanol–water partition coefficient (Wildman–Crippen LogP) is 0.951. The fourth-order valence-electron chi connectivity index (χ4n) is 1.24. The fraction of sp³-hybridized carbons (Fsp3) is 0.455. The number of rotatable bonds is 4. The molecule has 0 aliphatic heterocycles. The van der Waals surface area contributed by atoms with Gasteiger partial charge in [-0.15, -0.1) is 0 Å². The van der Waals surface area contributed by atoms with E-state index in [0.29, 0.717) is 6.54 Å². The number of amides is 1. The van der Waals surface area contributed by atoms with E-state index >= 15 is 0 Å². The van der Waals surface area contributed by atoms with Gasteiger partial charge in [-0.2, -0.15) is 0 Å². The van der Waals surface area contributed by atoms with E-state index in [1.165, 1.54) is 4.90 Å². The number of aliphatic hydroxyl groups is 1. The number of nitrogens with zero attached hydrogens (tertiary/aromatic N) is 2. The van der Waals surface area contributed by atoms with Crippen LogP contribution in [0.5, 0.6) is 0 Å². The molecule has 1 amide bonds. The maximum atomic E-state index is 11.4. The van der Waals surface area contributed by atoms with E-state index in [1.54, 1.807) is 7.05 Å². The maximum absolute atomic E-state index is 11.4. The molecule has 1 aromatic rings. The Bertz CT molecular complexity index is 355. The van der Waals surface area contributed by atoms with Gasteiger partial charge in [-0.05, 0) is 19.1 Å². The van der Waals surface area contributed by atoms with Crippen LogP contribution in [-0.2, 0) is 11.3 Å². The molecule has 0 saturated heterocycles. The van der Waals surface area contributed by atoms with Gasteiger partial charge in [-0.1, -0.05) is 6.07 Å². The second-order valence-electron chi connectivity index (χ2n) is 3.46. The van der Waals surface area contributed by atoms with E-state index in [9.17, 15) is 4.79 Å². The van der Waals surface area contributed by atoms with E-state index in [0.717, 1.165) is 11.4 Å². The zero-order chi connectivity index (χ0) is 12.0. The zero-order valence-electron chi connectivity index (χ0n) is 9.51. The van der Waals surface area contributed by atoms with Gasteiger partial charge in [0.05, 0.1) is 18.8 Å². The topological polar surface area (TPSA) is 62.7 Å². The minimum Gasteiger partial charge on any atom is -0.447 e. The lowest BCUT2D eigenvalue weighted by molar-refractivity contribution is 0.0890. The molecule has 16 heavy (non-hydrogen) atoms. The molecule has 0 saturated carbocycles. The molecule has 1 heterocycles. The Hall–Kier alpha value is -1.62. The Morgan fingerprint density at radius 1 is 1.56 bits per heavy atom. The van der Waals surface area contributed by atoms with Crippen LogP contribution in [0.25, 0.3) is 0 Å². The second-order valence-corrected chi connectivity index (χ2v) is 3.46. The minimum atomic E-state index is -0.461. The molecule has 1 rings (SSSR count). The van der Waals surface area contributed by atoms with Crippen molar-refractivity contribution in [3.05, 3.63) is 29.6 Å². The molecular formula is C11H16N2O3. The van der Waals surface area contributed by atoms with Crippen LogP contribution in [0.1, 0.15) is 11.4 Å². The standard InChI is InChI=1S/C11H16N2O3/c1-9-4-3-5-10(12-9)8-13(2)11(15)16-7-6-14/h3-5,14H,6-8H2,1-2H3. The lowest BCUT2D eigenvalue weighted by Gasteiger charge is -2.16. The summed E-state index contributed by atoms with van der Waals surface area (Å²) in [5.41, 5.74) is 1.72. The third kappa shape index (κ3) is 3.86. The normalized spacial score (nSPS) is 9.94. The van der Waals surface area contributed by atoms with Gasteiger partial charge in [0.15, 0.2) is 0 Å². The van der Waals surface area contributed by atoms with Crippen molar-refractivity contribution in [3.8, 4) is 0 Å². The van der Waals surface area contributed by atoms with Gasteiger partial charge in [-0.3, -0.25) is 4.98 Å². The Morgan fingerprint density at radius 2 is 2.31 bits per heavy atom. The molecule has 0 spiro atoms. The summed E-state index contributed by atoms with van der Waals surface area (Å²) < 4.78 is 4.76. The van der Waals surface area contributed by atoms with Crippen LogP contribution < -0.4 is 0 Å². The molecule has 0 aliphatic carbocycles. The maximum Gasteiger partial charge on any atom is 0.409 e. The van der Waals surface area contributed by atoms with E-state index in [-0.39, 0.29) is 13.2 Å². The van der Waals surface area contributed by atoms with Gasteiger partial charge in [0.25, 0.3) is 0 Å². The van der Waals surface area contributed by atoms with Crippen LogP contribution in [0.4, 0.5) is 4.79 Å². The van der Waals surface area contributed by atoms with E-state index in [1.807, 2.05) is 25.1 Å². The van der Waals surface area contributed by atoms with Crippen molar-refractivity contribution in [1.29, 1.82) is 0 Å². The Balaban J connectivity index is 2.50. The van der Waals surface area contributed by atoms with Crippen molar-refractivity contribution in [3.63, 3.8) is 0 Å². The van der Waals surface area contributed by atoms with E-state index in [4.69, 9.17) is 9.84 Å². The largest absolute Gasteiger partial charge is 0.447 e. The predicted molar refractivity (Wildman–Crippen MR) is 58.9 cm³/mol. The number of aromatic nitrogens is 1. The van der Waals surface area contributed by atoms with Crippen LogP contribution in [-0.4, -0.2) is 41.3 Å². The number of hydrogen-bond donors (Lipinski definition) is 1. The Kier molecular flexibility index (Phi) is 4.72. The van der Waals surface area contributed by atoms with Gasteiger partial charge >= 0.3 is 6.09 Å². The third-order valence-electron chi connectivity index (χ3n) is 1.97. The van der Waals surface area contributed by atoms with Crippen molar-refractivity contribution in [2.45, 2.75) is 13.5 Å². The number of aliphatic hydroxyl groups excluding tert-OH is 1. The first-order valence-electron chi connectivity index (χ1n) is 5.04. The van der Waals surface area contributed by atoms with Crippen molar-refractivity contribution in [2.75, 3.05) is 20.3 Å². The number of carbonyl (C=O) groups excluding carboxylic acids is 1. The molecule has 5 heteroatoms. The van der Waals surface area contributed by atoms with Crippen molar-refractivity contribution >= 4 is 6.09 Å². The number of pyridine rings is 1. The lowest BCUT2D eigenvalue weighted by atomic mass is 10.3. The average molecular weight is 224 g/mol. The summed E-state index contributed by atoms with van der Waals surface area (Å²) in [6.45, 7) is 2.15. The fourth-order valence-corrected chi connectivity index (χ4v) is 1.24. The Labute approximate surface area is 94.7 Å². The molecule has 0 bridgehead atoms. The van der Waals surface area contributed by atoms with Crippen LogP contribution in [0.3, 0.4) is 0 Å². The first kappa shape index (κ1) is 12.4. The molecule has 0 aliphatic rings. The summed E-state index contributed by atoms with van der Waals surface area (Å²) in [5, 5.41) is 8.51. The summed E-state index contributed by atoms with van der Waals surface area (Å²) in [6.07, 6.45) is -0.461. The first-order valence-corrected chi connectivity index (χ1v) is 5.04. The zero-order valence-corrected chi connectivity index (χ0v) is 9.51. The van der Waals surface area contributed by atoms with Crippen LogP contribution >= 0.6 is 0 Å². The van der Waals surface area contributed by atoms with Gasteiger partial charge in [0, 0.05) is 12.7 Å². The quantitative estimate of drug-likeness (QED) is 0.827. The average Bonchev–Trinajstić information content (AvgIpc) is 2.25. The number of ether oxygens (including phenoxy) is 1. The molecule has 0 unspecified atom stereocenters. The molecule has 0 aromatic carbocycles. The van der Waals surface area contributed by atoms with E-state index in [2.05, 4.69) is 4.98 Å². The SMILES string of the molecule is Cc1cccc(CN(C)C(=O)OCCO)n1. The van der Waals surface area contributed by atoms with Crippen LogP contribution in [0, 0.1) is 6.92 Å². The van der Waals surface area contributed by atoms with Gasteiger partial charge in [0.2, 0.25) is 0 Å². The Morgan fingerprint density at radius 3 is 2.94 bits per heavy atom. The third-order valence-corrected chi connectivity index (χ3v) is 1.97. The summed E-state index contributed by atoms with van der Waals surface area (Å²) >= 11 is 0. The molecule has 0 fully saturated rings. The lowest BCUT2D eigenvalue weighted by Crippen LogP contribution is -2.28. The molecular weight excluding hydrogens is 208 g/mol. The minimum absolute atomic E-state index is 0.0183. The van der Waals surface area contributed by atoms with Gasteiger partial charge in [-0.25, -0.2) is 4.79 Å². The highest BCUT2D eigenvalue weighted by Gasteiger charge is 2.10.